The monoisotopic (exact) mass is 229 g/mol. The van der Waals surface area contributed by atoms with E-state index in [0.29, 0.717) is 0 Å². The summed E-state index contributed by atoms with van der Waals surface area (Å²) in [6.07, 6.45) is 4.28. The van der Waals surface area contributed by atoms with E-state index in [-0.39, 0.29) is 0 Å². The van der Waals surface area contributed by atoms with Crippen molar-refractivity contribution in [1.29, 1.82) is 0 Å². The molecule has 16 heavy (non-hydrogen) atoms. The van der Waals surface area contributed by atoms with Gasteiger partial charge in [0.2, 0.25) is 0 Å². The van der Waals surface area contributed by atoms with Crippen molar-refractivity contribution in [3.63, 3.8) is 0 Å². The van der Waals surface area contributed by atoms with E-state index in [1.54, 1.807) is 11.3 Å². The number of hydrogen-bond acceptors (Lipinski definition) is 2. The lowest BCUT2D eigenvalue weighted by atomic mass is 10.1. The Morgan fingerprint density at radius 1 is 0.938 bits per heavy atom. The molecular weight excluding hydrogens is 214 g/mol. The maximum absolute atomic E-state index is 2.14. The highest BCUT2D eigenvalue weighted by atomic mass is 32.1. The first-order valence-corrected chi connectivity index (χ1v) is 6.17. The zero-order valence-electron chi connectivity index (χ0n) is 9.55. The Balaban J connectivity index is 2.11. The molecule has 1 heterocycles. The van der Waals surface area contributed by atoms with E-state index in [4.69, 9.17) is 0 Å². The van der Waals surface area contributed by atoms with Gasteiger partial charge in [-0.15, -0.1) is 0 Å². The van der Waals surface area contributed by atoms with Crippen LogP contribution in [0.3, 0.4) is 0 Å². The van der Waals surface area contributed by atoms with E-state index in [0.717, 1.165) is 0 Å². The van der Waals surface area contributed by atoms with Crippen molar-refractivity contribution >= 4 is 29.2 Å². The van der Waals surface area contributed by atoms with Crippen LogP contribution in [0.2, 0.25) is 0 Å². The number of anilines is 1. The first-order chi connectivity index (χ1) is 7.75. The second-order valence-corrected chi connectivity index (χ2v) is 4.66. The molecule has 0 radical (unpaired) electrons. The molecule has 2 aromatic rings. The summed E-state index contributed by atoms with van der Waals surface area (Å²) in [5, 5.41) is 4.24. The Labute approximate surface area is 101 Å². The van der Waals surface area contributed by atoms with Crippen LogP contribution in [0.1, 0.15) is 11.1 Å². The molecule has 0 spiro atoms. The summed E-state index contributed by atoms with van der Waals surface area (Å²) in [5.41, 5.74) is 3.73. The molecule has 1 aromatic carbocycles. The fourth-order valence-corrected chi connectivity index (χ4v) is 2.07. The lowest BCUT2D eigenvalue weighted by molar-refractivity contribution is 1.13. The molecule has 2 heteroatoms. The van der Waals surface area contributed by atoms with Crippen LogP contribution in [0, 0.1) is 0 Å². The maximum Gasteiger partial charge on any atom is 0.0361 e. The molecule has 0 atom stereocenters. The molecule has 0 saturated heterocycles. The minimum Gasteiger partial charge on any atom is -0.378 e. The van der Waals surface area contributed by atoms with Crippen LogP contribution in [0.5, 0.6) is 0 Å². The molecule has 0 fully saturated rings. The number of benzene rings is 1. The van der Waals surface area contributed by atoms with Gasteiger partial charge in [-0.05, 0) is 40.1 Å². The van der Waals surface area contributed by atoms with Gasteiger partial charge in [0.1, 0.15) is 0 Å². The van der Waals surface area contributed by atoms with Gasteiger partial charge in [-0.2, -0.15) is 11.3 Å². The highest BCUT2D eigenvalue weighted by molar-refractivity contribution is 7.08. The highest BCUT2D eigenvalue weighted by Gasteiger charge is 1.93. The molecule has 0 unspecified atom stereocenters. The van der Waals surface area contributed by atoms with Gasteiger partial charge in [-0.3, -0.25) is 0 Å². The largest absolute Gasteiger partial charge is 0.378 e. The van der Waals surface area contributed by atoms with E-state index in [2.05, 4.69) is 72.2 Å². The summed E-state index contributed by atoms with van der Waals surface area (Å²) in [4.78, 5) is 2.10. The number of nitrogens with zero attached hydrogens (tertiary/aromatic N) is 1. The summed E-state index contributed by atoms with van der Waals surface area (Å²) >= 11 is 1.72. The standard InChI is InChI=1S/C14H15NS/c1-15(2)14-7-5-12(6-8-14)3-4-13-9-10-16-11-13/h3-11H,1-2H3/b4-3+. The summed E-state index contributed by atoms with van der Waals surface area (Å²) in [6.45, 7) is 0. The van der Waals surface area contributed by atoms with Crippen LogP contribution in [0.25, 0.3) is 12.2 Å². The summed E-state index contributed by atoms with van der Waals surface area (Å²) in [7, 11) is 4.10. The number of hydrogen-bond donors (Lipinski definition) is 0. The summed E-state index contributed by atoms with van der Waals surface area (Å²) in [5.74, 6) is 0. The van der Waals surface area contributed by atoms with E-state index in [9.17, 15) is 0 Å². The normalized spacial score (nSPS) is 10.9. The van der Waals surface area contributed by atoms with Crippen molar-refractivity contribution in [1.82, 2.24) is 0 Å². The van der Waals surface area contributed by atoms with E-state index < -0.39 is 0 Å². The molecule has 1 aromatic heterocycles. The molecule has 0 N–H and O–H groups in total. The quantitative estimate of drug-likeness (QED) is 0.769. The van der Waals surface area contributed by atoms with Crippen molar-refractivity contribution in [2.24, 2.45) is 0 Å². The van der Waals surface area contributed by atoms with Crippen molar-refractivity contribution in [3.05, 3.63) is 52.2 Å². The molecule has 0 aliphatic carbocycles. The lowest BCUT2D eigenvalue weighted by Crippen LogP contribution is -2.07. The Hall–Kier alpha value is -1.54. The van der Waals surface area contributed by atoms with Gasteiger partial charge in [0.25, 0.3) is 0 Å². The van der Waals surface area contributed by atoms with E-state index >= 15 is 0 Å². The second kappa shape index (κ2) is 4.99. The minimum atomic E-state index is 1.23. The second-order valence-electron chi connectivity index (χ2n) is 3.88. The van der Waals surface area contributed by atoms with Crippen molar-refractivity contribution in [2.45, 2.75) is 0 Å². The third-order valence-electron chi connectivity index (χ3n) is 2.42. The molecule has 0 aliphatic rings. The van der Waals surface area contributed by atoms with Gasteiger partial charge >= 0.3 is 0 Å². The maximum atomic E-state index is 2.14. The smallest absolute Gasteiger partial charge is 0.0361 e. The SMILES string of the molecule is CN(C)c1ccc(/C=C/c2ccsc2)cc1. The van der Waals surface area contributed by atoms with Crippen molar-refractivity contribution < 1.29 is 0 Å². The number of thiophene rings is 1. The third-order valence-corrected chi connectivity index (χ3v) is 3.12. The Morgan fingerprint density at radius 2 is 1.62 bits per heavy atom. The molecule has 0 saturated carbocycles. The van der Waals surface area contributed by atoms with Crippen LogP contribution in [-0.4, -0.2) is 14.1 Å². The molecule has 0 bridgehead atoms. The first kappa shape index (κ1) is 11.0. The topological polar surface area (TPSA) is 3.24 Å². The minimum absolute atomic E-state index is 1.23. The molecule has 1 nitrogen and oxygen atoms in total. The average Bonchev–Trinajstić information content (AvgIpc) is 2.80. The van der Waals surface area contributed by atoms with Gasteiger partial charge in [0.15, 0.2) is 0 Å². The summed E-state index contributed by atoms with van der Waals surface area (Å²) < 4.78 is 0. The fraction of sp³-hybridized carbons (Fsp3) is 0.143. The molecule has 82 valence electrons. The zero-order valence-corrected chi connectivity index (χ0v) is 10.4. The van der Waals surface area contributed by atoms with Gasteiger partial charge in [0, 0.05) is 19.8 Å². The van der Waals surface area contributed by atoms with Gasteiger partial charge in [0.05, 0.1) is 0 Å². The molecular formula is C14H15NS. The Kier molecular flexibility index (Phi) is 3.42. The molecule has 2 rings (SSSR count). The molecule has 0 aliphatic heterocycles. The first-order valence-electron chi connectivity index (χ1n) is 5.23. The zero-order chi connectivity index (χ0) is 11.4. The van der Waals surface area contributed by atoms with E-state index in [1.807, 2.05) is 0 Å². The Bertz CT molecular complexity index is 452. The fourth-order valence-electron chi connectivity index (χ4n) is 1.45. The van der Waals surface area contributed by atoms with Crippen LogP contribution >= 0.6 is 11.3 Å². The van der Waals surface area contributed by atoms with Gasteiger partial charge in [-0.1, -0.05) is 24.3 Å². The average molecular weight is 229 g/mol. The van der Waals surface area contributed by atoms with Crippen molar-refractivity contribution in [3.8, 4) is 0 Å². The third kappa shape index (κ3) is 2.74. The highest BCUT2D eigenvalue weighted by Crippen LogP contribution is 2.15. The Morgan fingerprint density at radius 3 is 2.19 bits per heavy atom. The lowest BCUT2D eigenvalue weighted by Gasteiger charge is -2.11. The van der Waals surface area contributed by atoms with Crippen LogP contribution in [-0.2, 0) is 0 Å². The number of rotatable bonds is 3. The summed E-state index contributed by atoms with van der Waals surface area (Å²) in [6, 6.07) is 10.7. The van der Waals surface area contributed by atoms with Gasteiger partial charge < -0.3 is 4.90 Å². The van der Waals surface area contributed by atoms with Crippen LogP contribution < -0.4 is 4.90 Å². The van der Waals surface area contributed by atoms with Crippen LogP contribution in [0.15, 0.2) is 41.1 Å². The van der Waals surface area contributed by atoms with Gasteiger partial charge in [-0.25, -0.2) is 0 Å². The van der Waals surface area contributed by atoms with Crippen molar-refractivity contribution in [2.75, 3.05) is 19.0 Å². The predicted molar refractivity (Wildman–Crippen MR) is 74.0 cm³/mol. The predicted octanol–water partition coefficient (Wildman–Crippen LogP) is 3.98. The van der Waals surface area contributed by atoms with E-state index in [1.165, 1.54) is 16.8 Å². The van der Waals surface area contributed by atoms with Crippen LogP contribution in [0.4, 0.5) is 5.69 Å². The molecule has 0 amide bonds.